The molecule has 1 aromatic rings. The summed E-state index contributed by atoms with van der Waals surface area (Å²) in [7, 11) is 1.47. The van der Waals surface area contributed by atoms with E-state index in [0.717, 1.165) is 0 Å². The molecule has 0 aromatic heterocycles. The van der Waals surface area contributed by atoms with Gasteiger partial charge in [-0.1, -0.05) is 12.1 Å². The van der Waals surface area contributed by atoms with Crippen molar-refractivity contribution in [1.82, 2.24) is 5.32 Å². The predicted molar refractivity (Wildman–Crippen MR) is 99.3 cm³/mol. The molecule has 1 aromatic carbocycles. The van der Waals surface area contributed by atoms with Gasteiger partial charge in [0.15, 0.2) is 0 Å². The molecule has 0 radical (unpaired) electrons. The van der Waals surface area contributed by atoms with Crippen molar-refractivity contribution < 1.29 is 38.6 Å². The highest BCUT2D eigenvalue weighted by atomic mass is 16.6. The molecule has 11 nitrogen and oxygen atoms in total. The number of non-ortho nitro benzene ring substituents is 1. The number of hydrogen-bond donors (Lipinski definition) is 2. The fourth-order valence-corrected chi connectivity index (χ4v) is 2.53. The minimum absolute atomic E-state index is 0.100. The van der Waals surface area contributed by atoms with Gasteiger partial charge in [0.2, 0.25) is 5.91 Å². The highest BCUT2D eigenvalue weighted by Gasteiger charge is 2.33. The zero-order chi connectivity index (χ0) is 21.8. The van der Waals surface area contributed by atoms with Crippen LogP contribution in [0.3, 0.4) is 0 Å². The first-order valence-corrected chi connectivity index (χ1v) is 8.78. The Morgan fingerprint density at radius 1 is 1.21 bits per heavy atom. The van der Waals surface area contributed by atoms with Crippen LogP contribution in [0.25, 0.3) is 0 Å². The number of nitrogens with zero attached hydrogens (tertiary/aromatic N) is 1. The van der Waals surface area contributed by atoms with Gasteiger partial charge in [-0.2, -0.15) is 0 Å². The lowest BCUT2D eigenvalue weighted by molar-refractivity contribution is -0.384. The van der Waals surface area contributed by atoms with Crippen LogP contribution in [-0.2, 0) is 28.6 Å². The Morgan fingerprint density at radius 3 is 2.38 bits per heavy atom. The summed E-state index contributed by atoms with van der Waals surface area (Å²) in [6.45, 7) is 1.73. The molecule has 0 saturated carbocycles. The average Bonchev–Trinajstić information content (AvgIpc) is 2.68. The normalized spacial score (nSPS) is 12.6. The van der Waals surface area contributed by atoms with Crippen LogP contribution in [0, 0.1) is 10.1 Å². The maximum atomic E-state index is 12.1. The Balaban J connectivity index is 3.04. The Bertz CT molecular complexity index is 706. The SMILES string of the molecule is CCOC(=O)C[C@@H](c1ccc([N+](=O)[O-])cc1)[C@H](NC(=O)COCCOC)C(=O)O. The molecule has 29 heavy (non-hydrogen) atoms. The van der Waals surface area contributed by atoms with Crippen molar-refractivity contribution in [2.75, 3.05) is 33.5 Å². The van der Waals surface area contributed by atoms with E-state index in [1.54, 1.807) is 6.92 Å². The van der Waals surface area contributed by atoms with Gasteiger partial charge in [-0.3, -0.25) is 19.7 Å². The smallest absolute Gasteiger partial charge is 0.326 e. The first kappa shape index (κ1) is 24.0. The number of ether oxygens (including phenoxy) is 3. The van der Waals surface area contributed by atoms with Gasteiger partial charge in [-0.25, -0.2) is 4.79 Å². The number of carboxylic acids is 1. The van der Waals surface area contributed by atoms with Gasteiger partial charge in [0.25, 0.3) is 5.69 Å². The fourth-order valence-electron chi connectivity index (χ4n) is 2.53. The second-order valence-corrected chi connectivity index (χ2v) is 5.89. The minimum Gasteiger partial charge on any atom is -0.480 e. The van der Waals surface area contributed by atoms with Crippen molar-refractivity contribution in [3.63, 3.8) is 0 Å². The zero-order valence-corrected chi connectivity index (χ0v) is 16.2. The number of carbonyl (C=O) groups excluding carboxylic acids is 2. The number of rotatable bonds is 13. The summed E-state index contributed by atoms with van der Waals surface area (Å²) >= 11 is 0. The summed E-state index contributed by atoms with van der Waals surface area (Å²) in [5.41, 5.74) is 0.141. The molecule has 2 atom stereocenters. The molecule has 0 aliphatic rings. The van der Waals surface area contributed by atoms with Crippen LogP contribution in [0.5, 0.6) is 0 Å². The van der Waals surface area contributed by atoms with E-state index in [-0.39, 0.29) is 38.5 Å². The van der Waals surface area contributed by atoms with Crippen molar-refractivity contribution >= 4 is 23.5 Å². The molecule has 1 rings (SSSR count). The van der Waals surface area contributed by atoms with Gasteiger partial charge in [0, 0.05) is 25.2 Å². The van der Waals surface area contributed by atoms with Crippen LogP contribution in [0.15, 0.2) is 24.3 Å². The summed E-state index contributed by atoms with van der Waals surface area (Å²) in [5, 5.41) is 22.8. The number of hydrogen-bond acceptors (Lipinski definition) is 8. The Kier molecular flexibility index (Phi) is 10.3. The first-order valence-electron chi connectivity index (χ1n) is 8.78. The molecule has 160 valence electrons. The number of nitro benzene ring substituents is 1. The van der Waals surface area contributed by atoms with Gasteiger partial charge >= 0.3 is 11.9 Å². The van der Waals surface area contributed by atoms with Gasteiger partial charge in [-0.15, -0.1) is 0 Å². The van der Waals surface area contributed by atoms with Crippen LogP contribution < -0.4 is 5.32 Å². The van der Waals surface area contributed by atoms with Gasteiger partial charge in [-0.05, 0) is 12.5 Å². The summed E-state index contributed by atoms with van der Waals surface area (Å²) in [6, 6.07) is 3.61. The number of nitrogens with one attached hydrogen (secondary N) is 1. The molecule has 2 N–H and O–H groups in total. The Labute approximate surface area is 167 Å². The molecule has 0 aliphatic carbocycles. The lowest BCUT2D eigenvalue weighted by Crippen LogP contribution is -2.47. The lowest BCUT2D eigenvalue weighted by Gasteiger charge is -2.24. The van der Waals surface area contributed by atoms with Crippen molar-refractivity contribution in [1.29, 1.82) is 0 Å². The van der Waals surface area contributed by atoms with E-state index in [4.69, 9.17) is 14.2 Å². The third kappa shape index (κ3) is 8.23. The molecule has 0 bridgehead atoms. The lowest BCUT2D eigenvalue weighted by atomic mass is 9.88. The average molecular weight is 412 g/mol. The summed E-state index contributed by atoms with van der Waals surface area (Å²) in [6.07, 6.45) is -0.340. The van der Waals surface area contributed by atoms with Gasteiger partial charge in [0.05, 0.1) is 31.2 Å². The van der Waals surface area contributed by atoms with E-state index in [9.17, 15) is 29.6 Å². The number of carbonyl (C=O) groups is 3. The van der Waals surface area contributed by atoms with Crippen molar-refractivity contribution in [2.45, 2.75) is 25.3 Å². The number of benzene rings is 1. The molecule has 0 spiro atoms. The van der Waals surface area contributed by atoms with E-state index < -0.39 is 34.7 Å². The highest BCUT2D eigenvalue weighted by Crippen LogP contribution is 2.27. The van der Waals surface area contributed by atoms with Crippen LogP contribution in [0.1, 0.15) is 24.8 Å². The Hall–Kier alpha value is -3.05. The third-order valence-corrected chi connectivity index (χ3v) is 3.87. The third-order valence-electron chi connectivity index (χ3n) is 3.87. The fraction of sp³-hybridized carbons (Fsp3) is 0.500. The maximum absolute atomic E-state index is 12.1. The van der Waals surface area contributed by atoms with Crippen molar-refractivity contribution in [3.8, 4) is 0 Å². The van der Waals surface area contributed by atoms with E-state index in [0.29, 0.717) is 5.56 Å². The van der Waals surface area contributed by atoms with E-state index in [2.05, 4.69) is 5.32 Å². The summed E-state index contributed by atoms with van der Waals surface area (Å²) < 4.78 is 14.7. The number of carboxylic acid groups (broad SMARTS) is 1. The number of esters is 1. The molecule has 0 heterocycles. The molecule has 1 amide bonds. The zero-order valence-electron chi connectivity index (χ0n) is 16.2. The molecule has 11 heteroatoms. The predicted octanol–water partition coefficient (Wildman–Crippen LogP) is 0.864. The number of amides is 1. The monoisotopic (exact) mass is 412 g/mol. The minimum atomic E-state index is -1.47. The number of aliphatic carboxylic acids is 1. The van der Waals surface area contributed by atoms with Crippen molar-refractivity contribution in [2.24, 2.45) is 0 Å². The second kappa shape index (κ2) is 12.4. The summed E-state index contributed by atoms with van der Waals surface area (Å²) in [4.78, 5) is 46.1. The van der Waals surface area contributed by atoms with E-state index in [1.165, 1.54) is 31.4 Å². The largest absolute Gasteiger partial charge is 0.480 e. The van der Waals surface area contributed by atoms with Crippen LogP contribution in [-0.4, -0.2) is 67.5 Å². The Morgan fingerprint density at radius 2 is 1.86 bits per heavy atom. The van der Waals surface area contributed by atoms with E-state index in [1.807, 2.05) is 0 Å². The molecule has 0 saturated heterocycles. The van der Waals surface area contributed by atoms with Crippen molar-refractivity contribution in [3.05, 3.63) is 39.9 Å². The standard InChI is InChI=1S/C18H24N2O9/c1-3-29-16(22)10-14(12-4-6-13(7-5-12)20(25)26)17(18(23)24)19-15(21)11-28-9-8-27-2/h4-7,14,17H,3,8-11H2,1-2H3,(H,19,21)(H,23,24)/t14-,17-/m0/s1. The highest BCUT2D eigenvalue weighted by molar-refractivity contribution is 5.86. The van der Waals surface area contributed by atoms with Gasteiger partial charge < -0.3 is 24.6 Å². The number of methoxy groups -OCH3 is 1. The van der Waals surface area contributed by atoms with Gasteiger partial charge in [0.1, 0.15) is 12.6 Å². The molecule has 0 unspecified atom stereocenters. The molecule has 0 fully saturated rings. The molecule has 0 aliphatic heterocycles. The summed E-state index contributed by atoms with van der Waals surface area (Å²) in [5.74, 6) is -3.73. The topological polar surface area (TPSA) is 154 Å². The molecular weight excluding hydrogens is 388 g/mol. The number of nitro groups is 1. The van der Waals surface area contributed by atoms with Crippen LogP contribution in [0.2, 0.25) is 0 Å². The molecular formula is C18H24N2O9. The maximum Gasteiger partial charge on any atom is 0.326 e. The van der Waals surface area contributed by atoms with Crippen LogP contribution in [0.4, 0.5) is 5.69 Å². The first-order chi connectivity index (χ1) is 13.8. The quantitative estimate of drug-likeness (QED) is 0.208. The van der Waals surface area contributed by atoms with E-state index >= 15 is 0 Å². The second-order valence-electron chi connectivity index (χ2n) is 5.89. The van der Waals surface area contributed by atoms with Crippen LogP contribution >= 0.6 is 0 Å².